The Morgan fingerprint density at radius 3 is 2.69 bits per heavy atom. The first kappa shape index (κ1) is 18.0. The third-order valence-electron chi connectivity index (χ3n) is 4.56. The van der Waals surface area contributed by atoms with Gasteiger partial charge in [-0.15, -0.1) is 0 Å². The molecule has 2 heterocycles. The third kappa shape index (κ3) is 3.59. The molecule has 2 N–H and O–H groups in total. The van der Waals surface area contributed by atoms with Crippen LogP contribution in [0.3, 0.4) is 0 Å². The summed E-state index contributed by atoms with van der Waals surface area (Å²) in [6.07, 6.45) is 1.88. The van der Waals surface area contributed by atoms with Gasteiger partial charge in [-0.1, -0.05) is 6.07 Å². The molecule has 26 heavy (non-hydrogen) atoms. The summed E-state index contributed by atoms with van der Waals surface area (Å²) in [6, 6.07) is 9.67. The van der Waals surface area contributed by atoms with Crippen molar-refractivity contribution in [3.8, 4) is 11.3 Å². The smallest absolute Gasteiger partial charge is 0.407 e. The Labute approximate surface area is 153 Å². The lowest BCUT2D eigenvalue weighted by molar-refractivity contribution is -0.117. The fourth-order valence-electron chi connectivity index (χ4n) is 3.55. The van der Waals surface area contributed by atoms with Crippen LogP contribution in [0.5, 0.6) is 0 Å². The molecule has 1 aromatic heterocycles. The highest BCUT2D eigenvalue weighted by Crippen LogP contribution is 2.39. The molecule has 138 valence electrons. The Bertz CT molecular complexity index is 799. The van der Waals surface area contributed by atoms with Crippen LogP contribution in [0.15, 0.2) is 36.5 Å². The lowest BCUT2D eigenvalue weighted by atomic mass is 9.90. The molecular weight excluding hydrogens is 330 g/mol. The van der Waals surface area contributed by atoms with E-state index in [1.54, 1.807) is 11.8 Å². The number of carbonyl (C=O) groups is 2. The van der Waals surface area contributed by atoms with Crippen molar-refractivity contribution in [2.24, 2.45) is 0 Å². The van der Waals surface area contributed by atoms with Crippen molar-refractivity contribution in [1.82, 2.24) is 10.3 Å². The Morgan fingerprint density at radius 1 is 1.31 bits per heavy atom. The van der Waals surface area contributed by atoms with Gasteiger partial charge in [0.05, 0.1) is 12.1 Å². The highest BCUT2D eigenvalue weighted by molar-refractivity contribution is 5.94. The topological polar surface area (TPSA) is 74.4 Å². The number of hydrogen-bond donors (Lipinski definition) is 2. The summed E-state index contributed by atoms with van der Waals surface area (Å²) in [5, 5.41) is 2.96. The van der Waals surface area contributed by atoms with E-state index in [4.69, 9.17) is 4.74 Å². The van der Waals surface area contributed by atoms with Crippen LogP contribution in [0.2, 0.25) is 0 Å². The van der Waals surface area contributed by atoms with Gasteiger partial charge in [0.1, 0.15) is 0 Å². The number of aromatic amines is 1. The highest BCUT2D eigenvalue weighted by Gasteiger charge is 2.33. The van der Waals surface area contributed by atoms with Crippen molar-refractivity contribution in [3.63, 3.8) is 0 Å². The van der Waals surface area contributed by atoms with Gasteiger partial charge in [0.2, 0.25) is 5.91 Å². The predicted octanol–water partition coefficient (Wildman–Crippen LogP) is 4.00. The quantitative estimate of drug-likeness (QED) is 0.874. The van der Waals surface area contributed by atoms with Crippen molar-refractivity contribution in [3.05, 3.63) is 42.1 Å². The largest absolute Gasteiger partial charge is 0.447 e. The molecule has 6 heteroatoms. The molecule has 3 rings (SSSR count). The van der Waals surface area contributed by atoms with Gasteiger partial charge in [-0.3, -0.25) is 4.79 Å². The van der Waals surface area contributed by atoms with Crippen LogP contribution >= 0.6 is 0 Å². The lowest BCUT2D eigenvalue weighted by Crippen LogP contribution is -2.45. The van der Waals surface area contributed by atoms with Crippen LogP contribution < -0.4 is 10.2 Å². The third-order valence-corrected chi connectivity index (χ3v) is 4.56. The molecule has 0 saturated carbocycles. The molecule has 0 bridgehead atoms. The molecule has 1 aliphatic rings. The average molecular weight is 355 g/mol. The Hall–Kier alpha value is -2.76. The lowest BCUT2D eigenvalue weighted by Gasteiger charge is -2.39. The zero-order valence-corrected chi connectivity index (χ0v) is 15.6. The Kier molecular flexibility index (Phi) is 5.02. The van der Waals surface area contributed by atoms with Gasteiger partial charge >= 0.3 is 6.09 Å². The van der Waals surface area contributed by atoms with Crippen molar-refractivity contribution < 1.29 is 14.3 Å². The molecule has 2 amide bonds. The number of fused-ring (bicyclic) bond motifs is 1. The van der Waals surface area contributed by atoms with E-state index in [0.29, 0.717) is 6.42 Å². The van der Waals surface area contributed by atoms with Crippen molar-refractivity contribution in [2.75, 3.05) is 4.90 Å². The maximum absolute atomic E-state index is 12.2. The van der Waals surface area contributed by atoms with Crippen LogP contribution in [-0.4, -0.2) is 29.1 Å². The van der Waals surface area contributed by atoms with E-state index in [9.17, 15) is 9.59 Å². The number of anilines is 1. The number of carbonyl (C=O) groups excluding carboxylic acids is 2. The monoisotopic (exact) mass is 355 g/mol. The number of benzene rings is 1. The molecule has 0 saturated heterocycles. The minimum Gasteiger partial charge on any atom is -0.447 e. The number of H-pyrrole nitrogens is 1. The first-order chi connectivity index (χ1) is 12.4. The average Bonchev–Trinajstić information content (AvgIpc) is 3.07. The van der Waals surface area contributed by atoms with E-state index in [1.165, 1.54) is 0 Å². The summed E-state index contributed by atoms with van der Waals surface area (Å²) in [4.78, 5) is 29.3. The maximum Gasteiger partial charge on any atom is 0.407 e. The normalized spacial score (nSPS) is 19.2. The molecule has 1 aliphatic heterocycles. The summed E-state index contributed by atoms with van der Waals surface area (Å²) < 4.78 is 5.24. The number of ether oxygens (including phenoxy) is 1. The van der Waals surface area contributed by atoms with Crippen molar-refractivity contribution in [2.45, 2.75) is 52.3 Å². The van der Waals surface area contributed by atoms with Gasteiger partial charge in [0.15, 0.2) is 0 Å². The van der Waals surface area contributed by atoms with E-state index >= 15 is 0 Å². The van der Waals surface area contributed by atoms with Crippen LogP contribution in [0.25, 0.3) is 11.3 Å². The van der Waals surface area contributed by atoms with Crippen molar-refractivity contribution in [1.29, 1.82) is 0 Å². The van der Waals surface area contributed by atoms with Gasteiger partial charge in [0, 0.05) is 30.5 Å². The highest BCUT2D eigenvalue weighted by atomic mass is 16.6. The number of rotatable bonds is 3. The number of hydrogen-bond acceptors (Lipinski definition) is 3. The van der Waals surface area contributed by atoms with E-state index in [1.807, 2.05) is 57.3 Å². The molecule has 0 radical (unpaired) electrons. The van der Waals surface area contributed by atoms with Gasteiger partial charge in [-0.05, 0) is 62.6 Å². The number of amides is 2. The van der Waals surface area contributed by atoms with E-state index < -0.39 is 6.09 Å². The van der Waals surface area contributed by atoms with Gasteiger partial charge < -0.3 is 19.9 Å². The fourth-order valence-corrected chi connectivity index (χ4v) is 3.55. The SMILES string of the molecule is CC(=O)N1c2ccc(-c3ccc[nH]3)cc2[C@H](NC(=O)OC(C)C)C[C@@H]1C. The molecule has 0 aliphatic carbocycles. The first-order valence-electron chi connectivity index (χ1n) is 8.91. The number of aromatic nitrogens is 1. The molecule has 0 spiro atoms. The van der Waals surface area contributed by atoms with E-state index in [2.05, 4.69) is 10.3 Å². The Morgan fingerprint density at radius 2 is 2.08 bits per heavy atom. The zero-order valence-electron chi connectivity index (χ0n) is 15.6. The van der Waals surface area contributed by atoms with Crippen LogP contribution in [-0.2, 0) is 9.53 Å². The van der Waals surface area contributed by atoms with Gasteiger partial charge in [-0.25, -0.2) is 4.79 Å². The summed E-state index contributed by atoms with van der Waals surface area (Å²) in [5.74, 6) is -0.00502. The van der Waals surface area contributed by atoms with Crippen LogP contribution in [0, 0.1) is 0 Å². The number of nitrogens with one attached hydrogen (secondary N) is 2. The minimum atomic E-state index is -0.440. The second-order valence-electron chi connectivity index (χ2n) is 6.98. The van der Waals surface area contributed by atoms with Crippen molar-refractivity contribution >= 4 is 17.7 Å². The molecule has 2 aromatic rings. The predicted molar refractivity (Wildman–Crippen MR) is 101 cm³/mol. The summed E-state index contributed by atoms with van der Waals surface area (Å²) in [7, 11) is 0. The zero-order chi connectivity index (χ0) is 18.8. The second-order valence-corrected chi connectivity index (χ2v) is 6.98. The summed E-state index contributed by atoms with van der Waals surface area (Å²) >= 11 is 0. The second kappa shape index (κ2) is 7.23. The van der Waals surface area contributed by atoms with Gasteiger partial charge in [-0.2, -0.15) is 0 Å². The fraction of sp³-hybridized carbons (Fsp3) is 0.400. The molecule has 1 aromatic carbocycles. The Balaban J connectivity index is 2.00. The number of nitrogens with zero attached hydrogens (tertiary/aromatic N) is 1. The van der Waals surface area contributed by atoms with Gasteiger partial charge in [0.25, 0.3) is 0 Å². The summed E-state index contributed by atoms with van der Waals surface area (Å²) in [5.41, 5.74) is 3.76. The minimum absolute atomic E-state index is 0.00502. The van der Waals surface area contributed by atoms with Crippen LogP contribution in [0.4, 0.5) is 10.5 Å². The molecule has 6 nitrogen and oxygen atoms in total. The van der Waals surface area contributed by atoms with Crippen LogP contribution in [0.1, 0.15) is 45.7 Å². The van der Waals surface area contributed by atoms with E-state index in [-0.39, 0.29) is 24.1 Å². The maximum atomic E-state index is 12.2. The molecule has 2 atom stereocenters. The molecule has 0 unspecified atom stereocenters. The summed E-state index contributed by atoms with van der Waals surface area (Å²) in [6.45, 7) is 7.20. The molecular formula is C20H25N3O3. The molecule has 0 fully saturated rings. The standard InChI is InChI=1S/C20H25N3O3/c1-12(2)26-20(25)22-18-10-13(3)23(14(4)24)19-8-7-15(11-16(18)19)17-6-5-9-21-17/h5-9,11-13,18,21H,10H2,1-4H3,(H,22,25)/t13-,18+/m0/s1. The first-order valence-corrected chi connectivity index (χ1v) is 8.91. The van der Waals surface area contributed by atoms with E-state index in [0.717, 1.165) is 22.5 Å². The number of alkyl carbamates (subject to hydrolysis) is 1.